The van der Waals surface area contributed by atoms with E-state index in [1.807, 2.05) is 19.1 Å². The smallest absolute Gasteiger partial charge is 0.305 e. The maximum Gasteiger partial charge on any atom is 0.305 e. The second-order valence-electron chi connectivity index (χ2n) is 6.51. The number of carbonyl (C=O) groups is 3. The fourth-order valence-corrected chi connectivity index (χ4v) is 4.00. The zero-order valence-electron chi connectivity index (χ0n) is 14.5. The molecule has 0 spiro atoms. The molecule has 1 atom stereocenters. The van der Waals surface area contributed by atoms with Gasteiger partial charge in [-0.25, -0.2) is 0 Å². The number of hydrogen-bond donors (Lipinski definition) is 3. The number of aliphatic carboxylic acids is 1. The molecule has 0 radical (unpaired) electrons. The topological polar surface area (TPSA) is 95.5 Å². The summed E-state index contributed by atoms with van der Waals surface area (Å²) in [4.78, 5) is 35.6. The highest BCUT2D eigenvalue weighted by Gasteiger charge is 2.38. The first-order chi connectivity index (χ1) is 11.8. The quantitative estimate of drug-likeness (QED) is 0.646. The molecule has 6 nitrogen and oxygen atoms in total. The Labute approximate surface area is 151 Å². The van der Waals surface area contributed by atoms with Crippen LogP contribution in [-0.2, 0) is 14.4 Å². The van der Waals surface area contributed by atoms with Crippen LogP contribution in [0.5, 0.6) is 0 Å². The molecule has 25 heavy (non-hydrogen) atoms. The summed E-state index contributed by atoms with van der Waals surface area (Å²) in [7, 11) is 0. The average Bonchev–Trinajstić information content (AvgIpc) is 2.95. The molecule has 136 valence electrons. The van der Waals surface area contributed by atoms with Crippen LogP contribution < -0.4 is 10.6 Å². The van der Waals surface area contributed by atoms with Crippen LogP contribution in [0.1, 0.15) is 46.0 Å². The number of anilines is 1. The Morgan fingerprint density at radius 2 is 1.80 bits per heavy atom. The van der Waals surface area contributed by atoms with Crippen LogP contribution in [0.2, 0.25) is 0 Å². The third-order valence-electron chi connectivity index (χ3n) is 4.30. The van der Waals surface area contributed by atoms with Crippen molar-refractivity contribution in [2.75, 3.05) is 5.32 Å². The third-order valence-corrected chi connectivity index (χ3v) is 5.41. The predicted molar refractivity (Wildman–Crippen MR) is 97.7 cm³/mol. The van der Waals surface area contributed by atoms with Crippen molar-refractivity contribution < 1.29 is 19.5 Å². The Bertz CT molecular complexity index is 639. The van der Waals surface area contributed by atoms with Crippen molar-refractivity contribution in [3.8, 4) is 0 Å². The van der Waals surface area contributed by atoms with Crippen LogP contribution in [0.15, 0.2) is 29.2 Å². The monoisotopic (exact) mass is 364 g/mol. The molecule has 1 aliphatic carbocycles. The van der Waals surface area contributed by atoms with E-state index in [2.05, 4.69) is 10.6 Å². The molecular formula is C18H24N2O4S. The van der Waals surface area contributed by atoms with E-state index in [1.165, 1.54) is 18.7 Å². The number of hydrogen-bond acceptors (Lipinski definition) is 4. The minimum atomic E-state index is -0.879. The van der Waals surface area contributed by atoms with Crippen molar-refractivity contribution in [1.29, 1.82) is 0 Å². The van der Waals surface area contributed by atoms with Gasteiger partial charge in [-0.3, -0.25) is 14.4 Å². The zero-order chi connectivity index (χ0) is 18.4. The standard InChI is InChI=1S/C18H24N2O4S/c1-12(25-15-7-5-14(6-8-15)19-13(2)21)17(24)20-18(11-16(22)23)9-3-4-10-18/h5-8,12H,3-4,9-11H2,1-2H3,(H,19,21)(H,20,24)(H,22,23). The van der Waals surface area contributed by atoms with Gasteiger partial charge < -0.3 is 15.7 Å². The van der Waals surface area contributed by atoms with E-state index in [-0.39, 0.29) is 23.5 Å². The van der Waals surface area contributed by atoms with Gasteiger partial charge in [0.15, 0.2) is 0 Å². The average molecular weight is 364 g/mol. The Morgan fingerprint density at radius 1 is 1.20 bits per heavy atom. The Hall–Kier alpha value is -2.02. The lowest BCUT2D eigenvalue weighted by Crippen LogP contribution is -2.50. The highest BCUT2D eigenvalue weighted by molar-refractivity contribution is 8.00. The number of rotatable bonds is 7. The van der Waals surface area contributed by atoms with Crippen molar-refractivity contribution in [1.82, 2.24) is 5.32 Å². The lowest BCUT2D eigenvalue weighted by Gasteiger charge is -2.30. The van der Waals surface area contributed by atoms with Gasteiger partial charge in [-0.15, -0.1) is 11.8 Å². The van der Waals surface area contributed by atoms with Gasteiger partial charge in [0.05, 0.1) is 17.2 Å². The molecule has 1 unspecified atom stereocenters. The van der Waals surface area contributed by atoms with Gasteiger partial charge in [-0.05, 0) is 44.0 Å². The van der Waals surface area contributed by atoms with Crippen LogP contribution >= 0.6 is 11.8 Å². The second-order valence-corrected chi connectivity index (χ2v) is 7.93. The fourth-order valence-electron chi connectivity index (χ4n) is 3.13. The van der Waals surface area contributed by atoms with E-state index in [0.29, 0.717) is 18.5 Å². The molecule has 0 heterocycles. The number of carboxylic acid groups (broad SMARTS) is 1. The molecule has 0 aromatic heterocycles. The predicted octanol–water partition coefficient (Wildman–Crippen LogP) is 3.03. The fraction of sp³-hybridized carbons (Fsp3) is 0.500. The molecule has 0 saturated heterocycles. The van der Waals surface area contributed by atoms with E-state index in [9.17, 15) is 14.4 Å². The Morgan fingerprint density at radius 3 is 2.32 bits per heavy atom. The number of carbonyl (C=O) groups excluding carboxylic acids is 2. The van der Waals surface area contributed by atoms with Gasteiger partial charge >= 0.3 is 5.97 Å². The van der Waals surface area contributed by atoms with Gasteiger partial charge in [0.2, 0.25) is 11.8 Å². The maximum absolute atomic E-state index is 12.5. The summed E-state index contributed by atoms with van der Waals surface area (Å²) in [6.07, 6.45) is 3.29. The van der Waals surface area contributed by atoms with Crippen LogP contribution in [0, 0.1) is 0 Å². The number of thioether (sulfide) groups is 1. The molecule has 1 aromatic carbocycles. The molecule has 1 saturated carbocycles. The SMILES string of the molecule is CC(=O)Nc1ccc(SC(C)C(=O)NC2(CC(=O)O)CCCC2)cc1. The molecule has 0 aliphatic heterocycles. The summed E-state index contributed by atoms with van der Waals surface area (Å²) in [6.45, 7) is 3.26. The second kappa shape index (κ2) is 8.38. The minimum Gasteiger partial charge on any atom is -0.481 e. The first-order valence-corrected chi connectivity index (χ1v) is 9.26. The third kappa shape index (κ3) is 5.77. The van der Waals surface area contributed by atoms with E-state index in [1.54, 1.807) is 12.1 Å². The number of nitrogens with one attached hydrogen (secondary N) is 2. The highest BCUT2D eigenvalue weighted by atomic mass is 32.2. The lowest BCUT2D eigenvalue weighted by molar-refractivity contribution is -0.139. The summed E-state index contributed by atoms with van der Waals surface area (Å²) in [5.74, 6) is -1.15. The summed E-state index contributed by atoms with van der Waals surface area (Å²) >= 11 is 1.41. The maximum atomic E-state index is 12.5. The van der Waals surface area contributed by atoms with E-state index in [0.717, 1.165) is 17.7 Å². The summed E-state index contributed by atoms with van der Waals surface area (Å²) < 4.78 is 0. The Kier molecular flexibility index (Phi) is 6.47. The van der Waals surface area contributed by atoms with Crippen molar-refractivity contribution in [3.63, 3.8) is 0 Å². The van der Waals surface area contributed by atoms with Crippen LogP contribution in [0.3, 0.4) is 0 Å². The normalized spacial score (nSPS) is 16.9. The molecule has 7 heteroatoms. The molecular weight excluding hydrogens is 340 g/mol. The molecule has 1 aromatic rings. The van der Waals surface area contributed by atoms with Crippen LogP contribution in [-0.4, -0.2) is 33.7 Å². The largest absolute Gasteiger partial charge is 0.481 e. The van der Waals surface area contributed by atoms with Gasteiger partial charge in [0, 0.05) is 17.5 Å². The highest BCUT2D eigenvalue weighted by Crippen LogP contribution is 2.33. The lowest BCUT2D eigenvalue weighted by atomic mass is 9.93. The van der Waals surface area contributed by atoms with Crippen LogP contribution in [0.4, 0.5) is 5.69 Å². The summed E-state index contributed by atoms with van der Waals surface area (Å²) in [5, 5.41) is 14.5. The minimum absolute atomic E-state index is 0.0263. The first kappa shape index (κ1) is 19.3. The molecule has 1 aliphatic rings. The number of amides is 2. The van der Waals surface area contributed by atoms with Gasteiger partial charge in [-0.2, -0.15) is 0 Å². The number of carboxylic acids is 1. The van der Waals surface area contributed by atoms with Gasteiger partial charge in [0.1, 0.15) is 0 Å². The van der Waals surface area contributed by atoms with E-state index in [4.69, 9.17) is 5.11 Å². The van der Waals surface area contributed by atoms with E-state index < -0.39 is 11.5 Å². The number of benzene rings is 1. The molecule has 1 fully saturated rings. The molecule has 2 rings (SSSR count). The van der Waals surface area contributed by atoms with Gasteiger partial charge in [0.25, 0.3) is 0 Å². The van der Waals surface area contributed by atoms with Crippen molar-refractivity contribution in [3.05, 3.63) is 24.3 Å². The summed E-state index contributed by atoms with van der Waals surface area (Å²) in [5.41, 5.74) is 0.104. The van der Waals surface area contributed by atoms with Crippen molar-refractivity contribution >= 4 is 35.2 Å². The van der Waals surface area contributed by atoms with Crippen molar-refractivity contribution in [2.24, 2.45) is 0 Å². The van der Waals surface area contributed by atoms with Gasteiger partial charge in [-0.1, -0.05) is 12.8 Å². The molecule has 3 N–H and O–H groups in total. The van der Waals surface area contributed by atoms with Crippen LogP contribution in [0.25, 0.3) is 0 Å². The summed E-state index contributed by atoms with van der Waals surface area (Å²) in [6, 6.07) is 7.28. The Balaban J connectivity index is 1.95. The first-order valence-electron chi connectivity index (χ1n) is 8.38. The molecule has 0 bridgehead atoms. The van der Waals surface area contributed by atoms with E-state index >= 15 is 0 Å². The zero-order valence-corrected chi connectivity index (χ0v) is 15.3. The molecule has 2 amide bonds. The van der Waals surface area contributed by atoms with Crippen molar-refractivity contribution in [2.45, 2.75) is 61.6 Å².